The van der Waals surface area contributed by atoms with E-state index in [0.717, 1.165) is 12.8 Å². The molecule has 7 nitrogen and oxygen atoms in total. The Morgan fingerprint density at radius 3 is 2.12 bits per heavy atom. The zero-order chi connectivity index (χ0) is 19.5. The first-order chi connectivity index (χ1) is 12.6. The third kappa shape index (κ3) is 16.3. The highest BCUT2D eigenvalue weighted by molar-refractivity contribution is 5.77. The summed E-state index contributed by atoms with van der Waals surface area (Å²) in [6.45, 7) is 4.98. The second-order valence-electron chi connectivity index (χ2n) is 6.34. The molecule has 154 valence electrons. The van der Waals surface area contributed by atoms with Gasteiger partial charge in [-0.05, 0) is 12.8 Å². The molecule has 0 aliphatic carbocycles. The Kier molecular flexibility index (Phi) is 17.8. The molecular formula is C19H37NO6. The molecule has 0 rings (SSSR count). The van der Waals surface area contributed by atoms with Crippen LogP contribution in [0.25, 0.3) is 0 Å². The molecule has 0 aromatic rings. The molecule has 0 atom stereocenters. The summed E-state index contributed by atoms with van der Waals surface area (Å²) in [4.78, 5) is 24.7. The maximum atomic E-state index is 12.3. The molecule has 0 unspecified atom stereocenters. The normalized spacial score (nSPS) is 10.8. The second kappa shape index (κ2) is 18.6. The van der Waals surface area contributed by atoms with Gasteiger partial charge in [0.2, 0.25) is 5.91 Å². The van der Waals surface area contributed by atoms with Gasteiger partial charge in [0.15, 0.2) is 0 Å². The molecule has 0 saturated heterocycles. The van der Waals surface area contributed by atoms with Gasteiger partial charge in [-0.2, -0.15) is 0 Å². The number of carboxylic acids is 1. The van der Waals surface area contributed by atoms with E-state index < -0.39 is 5.97 Å². The molecule has 2 N–H and O–H groups in total. The number of nitrogens with zero attached hydrogens (tertiary/aromatic N) is 1. The van der Waals surface area contributed by atoms with Crippen molar-refractivity contribution >= 4 is 11.9 Å². The van der Waals surface area contributed by atoms with E-state index in [1.807, 2.05) is 0 Å². The number of hydrogen-bond acceptors (Lipinski definition) is 5. The maximum Gasteiger partial charge on any atom is 0.303 e. The van der Waals surface area contributed by atoms with Crippen molar-refractivity contribution in [1.82, 2.24) is 4.90 Å². The second-order valence-corrected chi connectivity index (χ2v) is 6.34. The van der Waals surface area contributed by atoms with Gasteiger partial charge in [0.1, 0.15) is 0 Å². The third-order valence-corrected chi connectivity index (χ3v) is 4.03. The van der Waals surface area contributed by atoms with Gasteiger partial charge >= 0.3 is 5.97 Å². The predicted molar refractivity (Wildman–Crippen MR) is 100 cm³/mol. The summed E-state index contributed by atoms with van der Waals surface area (Å²) in [7, 11) is 0. The summed E-state index contributed by atoms with van der Waals surface area (Å²) in [5, 5.41) is 17.3. The largest absolute Gasteiger partial charge is 0.481 e. The van der Waals surface area contributed by atoms with Crippen molar-refractivity contribution in [1.29, 1.82) is 0 Å². The Bertz CT molecular complexity index is 351. The number of rotatable bonds is 19. The van der Waals surface area contributed by atoms with Crippen LogP contribution in [0.2, 0.25) is 0 Å². The summed E-state index contributed by atoms with van der Waals surface area (Å²) < 4.78 is 10.6. The van der Waals surface area contributed by atoms with Crippen LogP contribution in [0.3, 0.4) is 0 Å². The molecule has 0 aliphatic rings. The van der Waals surface area contributed by atoms with Gasteiger partial charge in [0.25, 0.3) is 0 Å². The highest BCUT2D eigenvalue weighted by Gasteiger charge is 2.13. The summed E-state index contributed by atoms with van der Waals surface area (Å²) in [6, 6.07) is 0. The highest BCUT2D eigenvalue weighted by Crippen LogP contribution is 2.08. The molecule has 0 saturated carbocycles. The van der Waals surface area contributed by atoms with Gasteiger partial charge in [-0.25, -0.2) is 0 Å². The molecule has 0 aromatic heterocycles. The van der Waals surface area contributed by atoms with Crippen molar-refractivity contribution in [2.24, 2.45) is 0 Å². The zero-order valence-corrected chi connectivity index (χ0v) is 16.3. The first-order valence-electron chi connectivity index (χ1n) is 9.87. The van der Waals surface area contributed by atoms with E-state index in [-0.39, 0.29) is 25.4 Å². The van der Waals surface area contributed by atoms with E-state index >= 15 is 0 Å². The van der Waals surface area contributed by atoms with Gasteiger partial charge in [-0.3, -0.25) is 9.59 Å². The number of amides is 1. The smallest absolute Gasteiger partial charge is 0.303 e. The molecule has 26 heavy (non-hydrogen) atoms. The number of aliphatic carboxylic acids is 1. The minimum Gasteiger partial charge on any atom is -0.481 e. The van der Waals surface area contributed by atoms with Crippen molar-refractivity contribution < 1.29 is 29.3 Å². The maximum absolute atomic E-state index is 12.3. The lowest BCUT2D eigenvalue weighted by Gasteiger charge is -2.23. The van der Waals surface area contributed by atoms with Gasteiger partial charge in [-0.15, -0.1) is 0 Å². The molecule has 0 bridgehead atoms. The molecule has 0 aromatic carbocycles. The first kappa shape index (κ1) is 24.8. The molecule has 0 heterocycles. The monoisotopic (exact) mass is 375 g/mol. The van der Waals surface area contributed by atoms with Crippen LogP contribution in [0.1, 0.15) is 64.7 Å². The standard InChI is InChI=1S/C19H37NO6/c1-2-3-4-5-6-7-11-20(18(22)9-8-10-19(23)24)12-14-25-16-17-26-15-13-21/h21H,2-17H2,1H3,(H,23,24). The molecule has 0 spiro atoms. The number of unbranched alkanes of at least 4 members (excludes halogenated alkanes) is 5. The fraction of sp³-hybridized carbons (Fsp3) is 0.895. The Labute approximate surface area is 157 Å². The summed E-state index contributed by atoms with van der Waals surface area (Å²) in [5.74, 6) is -0.869. The van der Waals surface area contributed by atoms with Crippen LogP contribution in [-0.4, -0.2) is 73.1 Å². The van der Waals surface area contributed by atoms with Gasteiger partial charge in [0, 0.05) is 25.9 Å². The number of hydrogen-bond donors (Lipinski definition) is 2. The number of carboxylic acid groups (broad SMARTS) is 1. The molecule has 7 heteroatoms. The van der Waals surface area contributed by atoms with Crippen LogP contribution in [0, 0.1) is 0 Å². The average Bonchev–Trinajstić information content (AvgIpc) is 2.61. The molecule has 0 fully saturated rings. The van der Waals surface area contributed by atoms with Crippen molar-refractivity contribution in [3.8, 4) is 0 Å². The van der Waals surface area contributed by atoms with E-state index in [4.69, 9.17) is 19.7 Å². The van der Waals surface area contributed by atoms with Crippen LogP contribution in [0.4, 0.5) is 0 Å². The zero-order valence-electron chi connectivity index (χ0n) is 16.3. The number of carbonyl (C=O) groups excluding carboxylic acids is 1. The van der Waals surface area contributed by atoms with Gasteiger partial charge in [-0.1, -0.05) is 39.0 Å². The third-order valence-electron chi connectivity index (χ3n) is 4.03. The Morgan fingerprint density at radius 2 is 1.46 bits per heavy atom. The first-order valence-corrected chi connectivity index (χ1v) is 9.87. The lowest BCUT2D eigenvalue weighted by Crippen LogP contribution is -2.35. The minimum atomic E-state index is -0.869. The summed E-state index contributed by atoms with van der Waals surface area (Å²) in [6.07, 6.45) is 7.63. The van der Waals surface area contributed by atoms with E-state index in [0.29, 0.717) is 45.9 Å². The molecule has 0 aliphatic heterocycles. The van der Waals surface area contributed by atoms with Crippen molar-refractivity contribution in [2.45, 2.75) is 64.7 Å². The SMILES string of the molecule is CCCCCCCCN(CCOCCOCCO)C(=O)CCCC(=O)O. The number of aliphatic hydroxyl groups is 1. The summed E-state index contributed by atoms with van der Waals surface area (Å²) in [5.41, 5.74) is 0. The topological polar surface area (TPSA) is 96.3 Å². The lowest BCUT2D eigenvalue weighted by atomic mass is 10.1. The van der Waals surface area contributed by atoms with E-state index in [2.05, 4.69) is 6.92 Å². The fourth-order valence-electron chi connectivity index (χ4n) is 2.55. The van der Waals surface area contributed by atoms with Gasteiger partial charge < -0.3 is 24.6 Å². The van der Waals surface area contributed by atoms with Crippen LogP contribution >= 0.6 is 0 Å². The Balaban J connectivity index is 4.05. The van der Waals surface area contributed by atoms with Crippen LogP contribution in [0.15, 0.2) is 0 Å². The van der Waals surface area contributed by atoms with Crippen LogP contribution in [0.5, 0.6) is 0 Å². The predicted octanol–water partition coefficient (Wildman–Crippen LogP) is 2.46. The molecule has 0 radical (unpaired) electrons. The summed E-state index contributed by atoms with van der Waals surface area (Å²) >= 11 is 0. The number of carbonyl (C=O) groups is 2. The fourth-order valence-corrected chi connectivity index (χ4v) is 2.55. The number of ether oxygens (including phenoxy) is 2. The van der Waals surface area contributed by atoms with Crippen molar-refractivity contribution in [3.05, 3.63) is 0 Å². The number of aliphatic hydroxyl groups excluding tert-OH is 1. The lowest BCUT2D eigenvalue weighted by molar-refractivity contribution is -0.137. The Morgan fingerprint density at radius 1 is 0.808 bits per heavy atom. The van der Waals surface area contributed by atoms with Crippen LogP contribution in [-0.2, 0) is 19.1 Å². The van der Waals surface area contributed by atoms with E-state index in [1.54, 1.807) is 4.90 Å². The molecule has 1 amide bonds. The van der Waals surface area contributed by atoms with Crippen molar-refractivity contribution in [2.75, 3.05) is 46.1 Å². The molecular weight excluding hydrogens is 338 g/mol. The Hall–Kier alpha value is -1.18. The van der Waals surface area contributed by atoms with E-state index in [1.165, 1.54) is 25.7 Å². The minimum absolute atomic E-state index is 0.0000568. The van der Waals surface area contributed by atoms with Crippen molar-refractivity contribution in [3.63, 3.8) is 0 Å². The quantitative estimate of drug-likeness (QED) is 0.337. The highest BCUT2D eigenvalue weighted by atomic mass is 16.5. The van der Waals surface area contributed by atoms with E-state index in [9.17, 15) is 9.59 Å². The average molecular weight is 376 g/mol. The van der Waals surface area contributed by atoms with Crippen LogP contribution < -0.4 is 0 Å². The van der Waals surface area contributed by atoms with Gasteiger partial charge in [0.05, 0.1) is 33.0 Å².